The number of carbonyl (C=O) groups excluding carboxylic acids is 1. The molecule has 21 heavy (non-hydrogen) atoms. The summed E-state index contributed by atoms with van der Waals surface area (Å²) in [6.45, 7) is 0.652. The summed E-state index contributed by atoms with van der Waals surface area (Å²) in [4.78, 5) is 11.7. The standard InChI is InChI=1S/C17H16N2O2/c18-12-6-9-14-7-4-5-8-15(14)13-19-17(20)21-16-10-2-1-3-11-16/h1-5,7-8,10-11H,12-13,18H2,(H,19,20). The number of benzene rings is 2. The van der Waals surface area contributed by atoms with E-state index in [9.17, 15) is 4.79 Å². The molecular formula is C17H16N2O2. The molecule has 0 heterocycles. The van der Waals surface area contributed by atoms with Gasteiger partial charge in [-0.15, -0.1) is 0 Å². The summed E-state index contributed by atoms with van der Waals surface area (Å²) in [5.74, 6) is 6.29. The third-order valence-corrected chi connectivity index (χ3v) is 2.72. The zero-order valence-corrected chi connectivity index (χ0v) is 11.5. The lowest BCUT2D eigenvalue weighted by atomic mass is 10.1. The van der Waals surface area contributed by atoms with Crippen LogP contribution in [-0.4, -0.2) is 12.6 Å². The Labute approximate surface area is 123 Å². The van der Waals surface area contributed by atoms with Crippen molar-refractivity contribution < 1.29 is 9.53 Å². The van der Waals surface area contributed by atoms with E-state index in [-0.39, 0.29) is 0 Å². The van der Waals surface area contributed by atoms with Gasteiger partial charge in [0.15, 0.2) is 0 Å². The highest BCUT2D eigenvalue weighted by Gasteiger charge is 2.05. The molecule has 4 nitrogen and oxygen atoms in total. The largest absolute Gasteiger partial charge is 0.412 e. The Hall–Kier alpha value is -2.77. The number of ether oxygens (including phenoxy) is 1. The van der Waals surface area contributed by atoms with Gasteiger partial charge in [0.1, 0.15) is 5.75 Å². The summed E-state index contributed by atoms with van der Waals surface area (Å²) in [6.07, 6.45) is -0.497. The normalized spacial score (nSPS) is 9.38. The van der Waals surface area contributed by atoms with Gasteiger partial charge in [0.2, 0.25) is 0 Å². The molecule has 0 spiro atoms. The summed E-state index contributed by atoms with van der Waals surface area (Å²) in [5, 5.41) is 2.70. The van der Waals surface area contributed by atoms with Crippen molar-refractivity contribution in [1.29, 1.82) is 0 Å². The first kappa shape index (κ1) is 14.6. The van der Waals surface area contributed by atoms with Crippen LogP contribution in [0, 0.1) is 11.8 Å². The first-order valence-corrected chi connectivity index (χ1v) is 6.57. The van der Waals surface area contributed by atoms with E-state index in [0.717, 1.165) is 11.1 Å². The van der Waals surface area contributed by atoms with Gasteiger partial charge in [0.05, 0.1) is 6.54 Å². The second kappa shape index (κ2) is 7.73. The minimum absolute atomic E-state index is 0.303. The molecule has 0 aliphatic rings. The summed E-state index contributed by atoms with van der Waals surface area (Å²) in [6, 6.07) is 16.5. The molecule has 106 valence electrons. The van der Waals surface area contributed by atoms with Crippen LogP contribution in [0.5, 0.6) is 5.75 Å². The molecule has 0 fully saturated rings. The average molecular weight is 280 g/mol. The maximum atomic E-state index is 11.7. The minimum atomic E-state index is -0.497. The Morgan fingerprint density at radius 3 is 2.57 bits per heavy atom. The molecule has 0 radical (unpaired) electrons. The summed E-state index contributed by atoms with van der Waals surface area (Å²) in [7, 11) is 0. The quantitative estimate of drug-likeness (QED) is 0.848. The lowest BCUT2D eigenvalue weighted by Gasteiger charge is -2.08. The maximum Gasteiger partial charge on any atom is 0.412 e. The van der Waals surface area contributed by atoms with Crippen LogP contribution in [0.25, 0.3) is 0 Å². The molecule has 0 atom stereocenters. The molecule has 0 bridgehead atoms. The number of amides is 1. The van der Waals surface area contributed by atoms with Crippen molar-refractivity contribution in [2.75, 3.05) is 6.54 Å². The highest BCUT2D eigenvalue weighted by atomic mass is 16.5. The number of hydrogen-bond acceptors (Lipinski definition) is 3. The van der Waals surface area contributed by atoms with Crippen LogP contribution in [0.15, 0.2) is 54.6 Å². The van der Waals surface area contributed by atoms with Gasteiger partial charge >= 0.3 is 6.09 Å². The summed E-state index contributed by atoms with van der Waals surface area (Å²) < 4.78 is 5.15. The Balaban J connectivity index is 1.95. The Bertz CT molecular complexity index is 657. The van der Waals surface area contributed by atoms with Crippen LogP contribution in [0.2, 0.25) is 0 Å². The van der Waals surface area contributed by atoms with Gasteiger partial charge in [-0.25, -0.2) is 4.79 Å². The fourth-order valence-corrected chi connectivity index (χ4v) is 1.74. The van der Waals surface area contributed by atoms with Crippen molar-refractivity contribution >= 4 is 6.09 Å². The van der Waals surface area contributed by atoms with E-state index in [2.05, 4.69) is 17.2 Å². The number of nitrogens with one attached hydrogen (secondary N) is 1. The van der Waals surface area contributed by atoms with Crippen molar-refractivity contribution in [3.63, 3.8) is 0 Å². The monoisotopic (exact) mass is 280 g/mol. The molecule has 2 aromatic carbocycles. The van der Waals surface area contributed by atoms with Crippen LogP contribution in [0.4, 0.5) is 4.79 Å². The van der Waals surface area contributed by atoms with Gasteiger partial charge in [-0.1, -0.05) is 48.2 Å². The number of para-hydroxylation sites is 1. The first-order chi connectivity index (χ1) is 10.3. The molecule has 4 heteroatoms. The molecule has 0 saturated heterocycles. The minimum Gasteiger partial charge on any atom is -0.410 e. The number of hydrogen-bond donors (Lipinski definition) is 2. The van der Waals surface area contributed by atoms with Crippen molar-refractivity contribution in [2.24, 2.45) is 5.73 Å². The summed E-state index contributed by atoms with van der Waals surface area (Å²) in [5.41, 5.74) is 7.14. The van der Waals surface area contributed by atoms with E-state index in [1.807, 2.05) is 30.3 Å². The molecular weight excluding hydrogens is 264 g/mol. The molecule has 3 N–H and O–H groups in total. The van der Waals surface area contributed by atoms with E-state index < -0.39 is 6.09 Å². The zero-order valence-electron chi connectivity index (χ0n) is 11.5. The fraction of sp³-hybridized carbons (Fsp3) is 0.118. The van der Waals surface area contributed by atoms with Crippen LogP contribution in [0.3, 0.4) is 0 Å². The molecule has 0 unspecified atom stereocenters. The van der Waals surface area contributed by atoms with E-state index in [1.165, 1.54) is 0 Å². The molecule has 0 aliphatic heterocycles. The highest BCUT2D eigenvalue weighted by molar-refractivity contribution is 5.70. The Morgan fingerprint density at radius 2 is 1.81 bits per heavy atom. The molecule has 0 saturated carbocycles. The van der Waals surface area contributed by atoms with Crippen LogP contribution < -0.4 is 15.8 Å². The third kappa shape index (κ3) is 4.68. The van der Waals surface area contributed by atoms with Crippen molar-refractivity contribution in [3.05, 3.63) is 65.7 Å². The predicted octanol–water partition coefficient (Wildman–Crippen LogP) is 2.29. The number of nitrogens with two attached hydrogens (primary N) is 1. The van der Waals surface area contributed by atoms with Gasteiger partial charge in [-0.3, -0.25) is 0 Å². The van der Waals surface area contributed by atoms with Crippen LogP contribution in [0.1, 0.15) is 11.1 Å². The lowest BCUT2D eigenvalue weighted by molar-refractivity contribution is 0.200. The zero-order chi connectivity index (χ0) is 14.9. The highest BCUT2D eigenvalue weighted by Crippen LogP contribution is 2.09. The topological polar surface area (TPSA) is 64.3 Å². The van der Waals surface area contributed by atoms with Gasteiger partial charge in [-0.2, -0.15) is 0 Å². The Kier molecular flexibility index (Phi) is 5.39. The average Bonchev–Trinajstić information content (AvgIpc) is 2.52. The maximum absolute atomic E-state index is 11.7. The molecule has 1 amide bonds. The second-order valence-corrected chi connectivity index (χ2v) is 4.22. The van der Waals surface area contributed by atoms with E-state index in [1.54, 1.807) is 24.3 Å². The van der Waals surface area contributed by atoms with Crippen molar-refractivity contribution in [2.45, 2.75) is 6.54 Å². The number of carbonyl (C=O) groups is 1. The predicted molar refractivity (Wildman–Crippen MR) is 81.7 cm³/mol. The Morgan fingerprint density at radius 1 is 1.10 bits per heavy atom. The fourth-order valence-electron chi connectivity index (χ4n) is 1.74. The second-order valence-electron chi connectivity index (χ2n) is 4.22. The molecule has 0 aromatic heterocycles. The molecule has 2 aromatic rings. The number of rotatable bonds is 3. The van der Waals surface area contributed by atoms with E-state index in [0.29, 0.717) is 18.8 Å². The van der Waals surface area contributed by atoms with E-state index >= 15 is 0 Å². The molecule has 2 rings (SSSR count). The van der Waals surface area contributed by atoms with Gasteiger partial charge in [0, 0.05) is 12.1 Å². The van der Waals surface area contributed by atoms with E-state index in [4.69, 9.17) is 10.5 Å². The lowest BCUT2D eigenvalue weighted by Crippen LogP contribution is -2.26. The van der Waals surface area contributed by atoms with Crippen molar-refractivity contribution in [1.82, 2.24) is 5.32 Å². The van der Waals surface area contributed by atoms with Gasteiger partial charge in [0.25, 0.3) is 0 Å². The molecule has 0 aliphatic carbocycles. The smallest absolute Gasteiger partial charge is 0.410 e. The SMILES string of the molecule is NCC#Cc1ccccc1CNC(=O)Oc1ccccc1. The van der Waals surface area contributed by atoms with Crippen LogP contribution in [-0.2, 0) is 6.54 Å². The van der Waals surface area contributed by atoms with Crippen LogP contribution >= 0.6 is 0 Å². The van der Waals surface area contributed by atoms with Crippen molar-refractivity contribution in [3.8, 4) is 17.6 Å². The van der Waals surface area contributed by atoms with Gasteiger partial charge in [-0.05, 0) is 23.8 Å². The van der Waals surface area contributed by atoms with Gasteiger partial charge < -0.3 is 15.8 Å². The third-order valence-electron chi connectivity index (χ3n) is 2.72. The summed E-state index contributed by atoms with van der Waals surface area (Å²) >= 11 is 0. The first-order valence-electron chi connectivity index (χ1n) is 6.57.